The lowest BCUT2D eigenvalue weighted by Gasteiger charge is -2.10. The second kappa shape index (κ2) is 7.96. The van der Waals surface area contributed by atoms with E-state index < -0.39 is 0 Å². The zero-order valence-electron chi connectivity index (χ0n) is 15.4. The number of hydrogen-bond donors (Lipinski definition) is 1. The summed E-state index contributed by atoms with van der Waals surface area (Å²) < 4.78 is 8.16. The van der Waals surface area contributed by atoms with Gasteiger partial charge in [0, 0.05) is 12.7 Å². The first-order valence-electron chi connectivity index (χ1n) is 9.29. The van der Waals surface area contributed by atoms with E-state index in [4.69, 9.17) is 9.72 Å². The molecule has 1 N–H and O–H groups in total. The number of hydrogen-bond acceptors (Lipinski definition) is 3. The van der Waals surface area contributed by atoms with E-state index in [1.165, 1.54) is 5.56 Å². The van der Waals surface area contributed by atoms with Crippen molar-refractivity contribution in [3.8, 4) is 5.75 Å². The van der Waals surface area contributed by atoms with Crippen LogP contribution >= 0.6 is 0 Å². The van der Waals surface area contributed by atoms with Gasteiger partial charge in [-0.25, -0.2) is 4.98 Å². The fraction of sp³-hybridized carbons (Fsp3) is 0.174. The first kappa shape index (κ1) is 17.2. The third kappa shape index (κ3) is 3.80. The summed E-state index contributed by atoms with van der Waals surface area (Å²) in [7, 11) is 0. The Hall–Kier alpha value is -3.27. The Morgan fingerprint density at radius 3 is 2.30 bits per heavy atom. The van der Waals surface area contributed by atoms with Crippen molar-refractivity contribution in [1.29, 1.82) is 0 Å². The molecule has 0 unspecified atom stereocenters. The number of rotatable bonds is 7. The Balaban J connectivity index is 1.60. The third-order valence-corrected chi connectivity index (χ3v) is 4.56. The number of anilines is 1. The van der Waals surface area contributed by atoms with Gasteiger partial charge in [0.1, 0.15) is 12.4 Å². The molecule has 0 saturated carbocycles. The van der Waals surface area contributed by atoms with Gasteiger partial charge in [-0.15, -0.1) is 0 Å². The molecule has 4 heteroatoms. The molecule has 0 saturated heterocycles. The summed E-state index contributed by atoms with van der Waals surface area (Å²) in [5.41, 5.74) is 4.28. The van der Waals surface area contributed by atoms with Gasteiger partial charge < -0.3 is 10.1 Å². The molecule has 2 aromatic carbocycles. The molecule has 0 aliphatic rings. The van der Waals surface area contributed by atoms with Crippen molar-refractivity contribution in [3.63, 3.8) is 0 Å². The number of aryl methyl sites for hydroxylation is 1. The van der Waals surface area contributed by atoms with Crippen molar-refractivity contribution < 1.29 is 4.74 Å². The fourth-order valence-electron chi connectivity index (χ4n) is 3.15. The normalized spacial score (nSPS) is 10.9. The zero-order chi connectivity index (χ0) is 18.5. The van der Waals surface area contributed by atoms with Gasteiger partial charge in [0.25, 0.3) is 0 Å². The molecule has 27 heavy (non-hydrogen) atoms. The van der Waals surface area contributed by atoms with E-state index in [1.54, 1.807) is 0 Å². The van der Waals surface area contributed by atoms with Crippen molar-refractivity contribution in [1.82, 2.24) is 9.38 Å². The van der Waals surface area contributed by atoms with Crippen LogP contribution in [0.4, 0.5) is 5.82 Å². The van der Waals surface area contributed by atoms with Crippen LogP contribution in [-0.4, -0.2) is 9.38 Å². The van der Waals surface area contributed by atoms with Crippen molar-refractivity contribution >= 4 is 11.5 Å². The maximum absolute atomic E-state index is 6.07. The summed E-state index contributed by atoms with van der Waals surface area (Å²) in [6.07, 6.45) is 2.89. The van der Waals surface area contributed by atoms with Crippen LogP contribution in [-0.2, 0) is 19.6 Å². The number of pyridine rings is 1. The number of fused-ring (bicyclic) bond motifs is 1. The molecule has 0 spiro atoms. The minimum atomic E-state index is 0.529. The average molecular weight is 357 g/mol. The van der Waals surface area contributed by atoms with Gasteiger partial charge in [-0.05, 0) is 29.7 Å². The van der Waals surface area contributed by atoms with E-state index in [2.05, 4.69) is 53.0 Å². The summed E-state index contributed by atoms with van der Waals surface area (Å²) in [5, 5.41) is 3.55. The van der Waals surface area contributed by atoms with E-state index in [1.807, 2.05) is 42.6 Å². The smallest absolute Gasteiger partial charge is 0.181 e. The Bertz CT molecular complexity index is 1010. The van der Waals surface area contributed by atoms with Gasteiger partial charge in [-0.3, -0.25) is 4.40 Å². The lowest BCUT2D eigenvalue weighted by Crippen LogP contribution is -2.04. The molecule has 4 rings (SSSR count). The van der Waals surface area contributed by atoms with E-state index in [0.717, 1.165) is 41.4 Å². The second-order valence-corrected chi connectivity index (χ2v) is 6.44. The molecule has 0 amide bonds. The maximum atomic E-state index is 6.07. The predicted octanol–water partition coefficient (Wildman–Crippen LogP) is 5.09. The Kier molecular flexibility index (Phi) is 5.06. The largest absolute Gasteiger partial charge is 0.485 e. The molecule has 4 aromatic rings. The van der Waals surface area contributed by atoms with Gasteiger partial charge in [0.05, 0.1) is 5.69 Å². The van der Waals surface area contributed by atoms with Crippen molar-refractivity contribution in [2.75, 3.05) is 5.32 Å². The molecule has 136 valence electrons. The zero-order valence-corrected chi connectivity index (χ0v) is 15.4. The Morgan fingerprint density at radius 2 is 1.59 bits per heavy atom. The van der Waals surface area contributed by atoms with Crippen LogP contribution in [0.2, 0.25) is 0 Å². The van der Waals surface area contributed by atoms with E-state index in [-0.39, 0.29) is 0 Å². The summed E-state index contributed by atoms with van der Waals surface area (Å²) in [6, 6.07) is 24.6. The fourth-order valence-corrected chi connectivity index (χ4v) is 3.15. The summed E-state index contributed by atoms with van der Waals surface area (Å²) >= 11 is 0. The molecule has 0 fully saturated rings. The lowest BCUT2D eigenvalue weighted by atomic mass is 10.2. The van der Waals surface area contributed by atoms with Crippen LogP contribution < -0.4 is 10.1 Å². The molecule has 4 nitrogen and oxygen atoms in total. The molecule has 0 aliphatic heterocycles. The van der Waals surface area contributed by atoms with Gasteiger partial charge in [0.2, 0.25) is 0 Å². The number of benzene rings is 2. The van der Waals surface area contributed by atoms with Crippen LogP contribution in [0.15, 0.2) is 79.0 Å². The summed E-state index contributed by atoms with van der Waals surface area (Å²) in [6.45, 7) is 3.41. The standard InChI is InChI=1S/C23H23N3O/c1-2-20-22(24-16-18-10-5-3-6-11-18)26-15-9-14-21(23(26)25-20)27-17-19-12-7-4-8-13-19/h3-15,24H,2,16-17H2,1H3. The molecule has 2 aromatic heterocycles. The molecular formula is C23H23N3O. The number of nitrogens with one attached hydrogen (secondary N) is 1. The molecule has 0 atom stereocenters. The monoisotopic (exact) mass is 357 g/mol. The number of aromatic nitrogens is 2. The number of nitrogens with zero attached hydrogens (tertiary/aromatic N) is 2. The molecule has 0 radical (unpaired) electrons. The minimum Gasteiger partial charge on any atom is -0.485 e. The first-order chi connectivity index (χ1) is 13.3. The van der Waals surface area contributed by atoms with Crippen molar-refractivity contribution in [3.05, 3.63) is 95.8 Å². The first-order valence-corrected chi connectivity index (χ1v) is 9.29. The summed E-state index contributed by atoms with van der Waals surface area (Å²) in [4.78, 5) is 4.83. The highest BCUT2D eigenvalue weighted by atomic mass is 16.5. The molecule has 0 bridgehead atoms. The van der Waals surface area contributed by atoms with Crippen LogP contribution in [0, 0.1) is 0 Å². The van der Waals surface area contributed by atoms with Crippen LogP contribution in [0.1, 0.15) is 23.7 Å². The second-order valence-electron chi connectivity index (χ2n) is 6.44. The summed E-state index contributed by atoms with van der Waals surface area (Å²) in [5.74, 6) is 1.82. The molecule has 0 aliphatic carbocycles. The average Bonchev–Trinajstić information content (AvgIpc) is 3.10. The van der Waals surface area contributed by atoms with Gasteiger partial charge >= 0.3 is 0 Å². The molecule has 2 heterocycles. The van der Waals surface area contributed by atoms with Crippen LogP contribution in [0.5, 0.6) is 5.75 Å². The highest BCUT2D eigenvalue weighted by Gasteiger charge is 2.14. The van der Waals surface area contributed by atoms with Crippen LogP contribution in [0.3, 0.4) is 0 Å². The minimum absolute atomic E-state index is 0.529. The molecular weight excluding hydrogens is 334 g/mol. The SMILES string of the molecule is CCc1nc2c(OCc3ccccc3)cccn2c1NCc1ccccc1. The highest BCUT2D eigenvalue weighted by molar-refractivity contribution is 5.62. The highest BCUT2D eigenvalue weighted by Crippen LogP contribution is 2.27. The van der Waals surface area contributed by atoms with Crippen molar-refractivity contribution in [2.45, 2.75) is 26.5 Å². The van der Waals surface area contributed by atoms with E-state index in [0.29, 0.717) is 6.61 Å². The van der Waals surface area contributed by atoms with E-state index in [9.17, 15) is 0 Å². The predicted molar refractivity (Wildman–Crippen MR) is 109 cm³/mol. The Morgan fingerprint density at radius 1 is 0.889 bits per heavy atom. The number of imidazole rings is 1. The number of ether oxygens (including phenoxy) is 1. The third-order valence-electron chi connectivity index (χ3n) is 4.56. The van der Waals surface area contributed by atoms with Gasteiger partial charge in [0.15, 0.2) is 11.4 Å². The Labute approximate surface area is 159 Å². The topological polar surface area (TPSA) is 38.6 Å². The van der Waals surface area contributed by atoms with Crippen molar-refractivity contribution in [2.24, 2.45) is 0 Å². The van der Waals surface area contributed by atoms with E-state index >= 15 is 0 Å². The lowest BCUT2D eigenvalue weighted by molar-refractivity contribution is 0.308. The maximum Gasteiger partial charge on any atom is 0.181 e. The quantitative estimate of drug-likeness (QED) is 0.501. The van der Waals surface area contributed by atoms with Gasteiger partial charge in [-0.1, -0.05) is 67.6 Å². The van der Waals surface area contributed by atoms with Crippen LogP contribution in [0.25, 0.3) is 5.65 Å². The van der Waals surface area contributed by atoms with Gasteiger partial charge in [-0.2, -0.15) is 0 Å².